The normalized spacial score (nSPS) is 11.8. The van der Waals surface area contributed by atoms with E-state index in [9.17, 15) is 0 Å². The molecule has 0 spiro atoms. The van der Waals surface area contributed by atoms with Crippen molar-refractivity contribution in [3.8, 4) is 0 Å². The summed E-state index contributed by atoms with van der Waals surface area (Å²) in [6.07, 6.45) is 0. The van der Waals surface area contributed by atoms with Gasteiger partial charge in [0.15, 0.2) is 0 Å². The first kappa shape index (κ1) is 13.8. The van der Waals surface area contributed by atoms with Crippen molar-refractivity contribution in [1.29, 1.82) is 0 Å². The van der Waals surface area contributed by atoms with E-state index in [4.69, 9.17) is 15.6 Å². The van der Waals surface area contributed by atoms with E-state index in [1.165, 1.54) is 0 Å². The fourth-order valence-electron chi connectivity index (χ4n) is 2.03. The number of hydrogen-bond donors (Lipinski definition) is 2. The molecule has 0 saturated heterocycles. The highest BCUT2D eigenvalue weighted by atomic mass is 16.5. The SMILES string of the molecule is COCc1ccc2nc(C(C)(C)C)cc(NN)c2c1. The lowest BCUT2D eigenvalue weighted by Crippen LogP contribution is -2.16. The minimum Gasteiger partial charge on any atom is -0.380 e. The highest BCUT2D eigenvalue weighted by Crippen LogP contribution is 2.29. The van der Waals surface area contributed by atoms with Gasteiger partial charge in [-0.25, -0.2) is 0 Å². The van der Waals surface area contributed by atoms with Crippen LogP contribution in [-0.2, 0) is 16.8 Å². The highest BCUT2D eigenvalue weighted by molar-refractivity contribution is 5.91. The van der Waals surface area contributed by atoms with Gasteiger partial charge in [0, 0.05) is 23.6 Å². The number of methoxy groups -OCH3 is 1. The molecule has 0 bridgehead atoms. The first-order chi connectivity index (χ1) is 8.95. The zero-order valence-corrected chi connectivity index (χ0v) is 11.9. The van der Waals surface area contributed by atoms with E-state index in [1.807, 2.05) is 18.2 Å². The topological polar surface area (TPSA) is 60.2 Å². The summed E-state index contributed by atoms with van der Waals surface area (Å²) >= 11 is 0. The molecule has 0 atom stereocenters. The zero-order chi connectivity index (χ0) is 14.0. The summed E-state index contributed by atoms with van der Waals surface area (Å²) in [6.45, 7) is 7.00. The van der Waals surface area contributed by atoms with Gasteiger partial charge in [-0.15, -0.1) is 0 Å². The van der Waals surface area contributed by atoms with Crippen LogP contribution in [0.15, 0.2) is 24.3 Å². The Morgan fingerprint density at radius 1 is 1.26 bits per heavy atom. The molecular formula is C15H21N3O. The number of pyridine rings is 1. The van der Waals surface area contributed by atoms with Crippen molar-refractivity contribution in [3.63, 3.8) is 0 Å². The number of benzene rings is 1. The Kier molecular flexibility index (Phi) is 3.73. The largest absolute Gasteiger partial charge is 0.380 e. The monoisotopic (exact) mass is 259 g/mol. The maximum Gasteiger partial charge on any atom is 0.0727 e. The summed E-state index contributed by atoms with van der Waals surface area (Å²) in [5, 5.41) is 1.02. The van der Waals surface area contributed by atoms with Crippen LogP contribution in [0.3, 0.4) is 0 Å². The first-order valence-electron chi connectivity index (χ1n) is 6.35. The van der Waals surface area contributed by atoms with Gasteiger partial charge in [0.1, 0.15) is 0 Å². The molecule has 2 rings (SSSR count). The lowest BCUT2D eigenvalue weighted by Gasteiger charge is -2.20. The number of anilines is 1. The van der Waals surface area contributed by atoms with E-state index in [1.54, 1.807) is 7.11 Å². The number of nitrogens with zero attached hydrogens (tertiary/aromatic N) is 1. The molecule has 2 aromatic rings. The standard InChI is InChI=1S/C15H21N3O/c1-15(2,3)14-8-13(18-16)11-7-10(9-19-4)5-6-12(11)17-14/h5-8H,9,16H2,1-4H3,(H,17,18). The van der Waals surface area contributed by atoms with E-state index >= 15 is 0 Å². The second kappa shape index (κ2) is 5.15. The lowest BCUT2D eigenvalue weighted by atomic mass is 9.90. The van der Waals surface area contributed by atoms with E-state index in [0.717, 1.165) is 27.8 Å². The van der Waals surface area contributed by atoms with E-state index in [2.05, 4.69) is 32.3 Å². The highest BCUT2D eigenvalue weighted by Gasteiger charge is 2.17. The van der Waals surface area contributed by atoms with Gasteiger partial charge in [-0.1, -0.05) is 26.8 Å². The molecule has 102 valence electrons. The minimum atomic E-state index is -0.00894. The molecule has 0 saturated carbocycles. The van der Waals surface area contributed by atoms with Crippen LogP contribution >= 0.6 is 0 Å². The van der Waals surface area contributed by atoms with Gasteiger partial charge in [0.25, 0.3) is 0 Å². The number of hydrazine groups is 1. The molecule has 1 aromatic heterocycles. The van der Waals surface area contributed by atoms with Crippen molar-refractivity contribution in [3.05, 3.63) is 35.5 Å². The fraction of sp³-hybridized carbons (Fsp3) is 0.400. The summed E-state index contributed by atoms with van der Waals surface area (Å²) in [7, 11) is 1.69. The molecule has 0 fully saturated rings. The number of rotatable bonds is 3. The molecule has 0 radical (unpaired) electrons. The van der Waals surface area contributed by atoms with E-state index < -0.39 is 0 Å². The second-order valence-electron chi connectivity index (χ2n) is 5.73. The van der Waals surface area contributed by atoms with Crippen LogP contribution in [0.1, 0.15) is 32.0 Å². The molecule has 1 heterocycles. The average molecular weight is 259 g/mol. The molecule has 0 unspecified atom stereocenters. The smallest absolute Gasteiger partial charge is 0.0727 e. The molecule has 3 N–H and O–H groups in total. The molecule has 4 nitrogen and oxygen atoms in total. The van der Waals surface area contributed by atoms with Gasteiger partial charge in [0.05, 0.1) is 17.8 Å². The van der Waals surface area contributed by atoms with Crippen molar-refractivity contribution >= 4 is 16.6 Å². The molecule has 0 amide bonds. The molecular weight excluding hydrogens is 238 g/mol. The van der Waals surface area contributed by atoms with Gasteiger partial charge in [-0.3, -0.25) is 10.8 Å². The van der Waals surface area contributed by atoms with Gasteiger partial charge >= 0.3 is 0 Å². The van der Waals surface area contributed by atoms with Crippen LogP contribution in [0.4, 0.5) is 5.69 Å². The van der Waals surface area contributed by atoms with Crippen molar-refractivity contribution in [2.24, 2.45) is 5.84 Å². The van der Waals surface area contributed by atoms with E-state index in [-0.39, 0.29) is 5.41 Å². The van der Waals surface area contributed by atoms with Crippen molar-refractivity contribution in [1.82, 2.24) is 4.98 Å². The second-order valence-corrected chi connectivity index (χ2v) is 5.73. The number of fused-ring (bicyclic) bond motifs is 1. The lowest BCUT2D eigenvalue weighted by molar-refractivity contribution is 0.185. The number of aromatic nitrogens is 1. The van der Waals surface area contributed by atoms with Gasteiger partial charge < -0.3 is 10.2 Å². The van der Waals surface area contributed by atoms with Crippen LogP contribution in [0.25, 0.3) is 10.9 Å². The van der Waals surface area contributed by atoms with Crippen LogP contribution in [-0.4, -0.2) is 12.1 Å². The third-order valence-electron chi connectivity index (χ3n) is 3.11. The molecule has 4 heteroatoms. The maximum absolute atomic E-state index is 5.64. The number of hydrogen-bond acceptors (Lipinski definition) is 4. The van der Waals surface area contributed by atoms with Crippen LogP contribution in [0.2, 0.25) is 0 Å². The average Bonchev–Trinajstić information content (AvgIpc) is 2.36. The Balaban J connectivity index is 2.63. The van der Waals surface area contributed by atoms with Crippen molar-refractivity contribution in [2.75, 3.05) is 12.5 Å². The Hall–Kier alpha value is -1.65. The number of nitrogen functional groups attached to an aromatic ring is 1. The van der Waals surface area contributed by atoms with Crippen molar-refractivity contribution < 1.29 is 4.74 Å². The van der Waals surface area contributed by atoms with E-state index in [0.29, 0.717) is 6.61 Å². The Bertz CT molecular complexity index is 588. The maximum atomic E-state index is 5.64. The van der Waals surface area contributed by atoms with Gasteiger partial charge in [-0.2, -0.15) is 0 Å². The summed E-state index contributed by atoms with van der Waals surface area (Å²) in [4.78, 5) is 4.72. The summed E-state index contributed by atoms with van der Waals surface area (Å²) < 4.78 is 5.16. The molecule has 0 aliphatic rings. The number of ether oxygens (including phenoxy) is 1. The fourth-order valence-corrected chi connectivity index (χ4v) is 2.03. The Labute approximate surface area is 113 Å². The molecule has 0 aliphatic carbocycles. The quantitative estimate of drug-likeness (QED) is 0.657. The van der Waals surface area contributed by atoms with Crippen LogP contribution < -0.4 is 11.3 Å². The third kappa shape index (κ3) is 2.85. The number of nitrogens with two attached hydrogens (primary N) is 1. The van der Waals surface area contributed by atoms with Crippen molar-refractivity contribution in [2.45, 2.75) is 32.8 Å². The predicted molar refractivity (Wildman–Crippen MR) is 79.0 cm³/mol. The summed E-state index contributed by atoms with van der Waals surface area (Å²) in [5.74, 6) is 5.64. The molecule has 0 aliphatic heterocycles. The third-order valence-corrected chi connectivity index (χ3v) is 3.11. The zero-order valence-electron chi connectivity index (χ0n) is 11.9. The Morgan fingerprint density at radius 2 is 2.00 bits per heavy atom. The molecule has 19 heavy (non-hydrogen) atoms. The van der Waals surface area contributed by atoms with Crippen LogP contribution in [0, 0.1) is 0 Å². The Morgan fingerprint density at radius 3 is 2.58 bits per heavy atom. The molecule has 1 aromatic carbocycles. The van der Waals surface area contributed by atoms with Gasteiger partial charge in [-0.05, 0) is 23.8 Å². The summed E-state index contributed by atoms with van der Waals surface area (Å²) in [5.41, 5.74) is 6.73. The predicted octanol–water partition coefficient (Wildman–Crippen LogP) is 2.96. The number of nitrogens with one attached hydrogen (secondary N) is 1. The minimum absolute atomic E-state index is 0.00894. The van der Waals surface area contributed by atoms with Gasteiger partial charge in [0.2, 0.25) is 0 Å². The van der Waals surface area contributed by atoms with Crippen LogP contribution in [0.5, 0.6) is 0 Å². The first-order valence-corrected chi connectivity index (χ1v) is 6.35. The summed E-state index contributed by atoms with van der Waals surface area (Å²) in [6, 6.07) is 8.12.